The third kappa shape index (κ3) is 1.75. The van der Waals surface area contributed by atoms with Crippen molar-refractivity contribution in [3.05, 3.63) is 29.3 Å². The van der Waals surface area contributed by atoms with Gasteiger partial charge in [0.25, 0.3) is 0 Å². The molecule has 0 aromatic heterocycles. The molecule has 1 fully saturated rings. The predicted octanol–water partition coefficient (Wildman–Crippen LogP) is 3.77. The molecule has 2 aliphatic rings. The Hall–Kier alpha value is -1.31. The van der Waals surface area contributed by atoms with Crippen LogP contribution < -0.4 is 4.74 Å². The summed E-state index contributed by atoms with van der Waals surface area (Å²) in [4.78, 5) is 12.8. The lowest BCUT2D eigenvalue weighted by Gasteiger charge is -2.25. The van der Waals surface area contributed by atoms with Crippen LogP contribution in [0, 0.1) is 5.41 Å². The number of rotatable bonds is 1. The lowest BCUT2D eigenvalue weighted by molar-refractivity contribution is 0.0787. The summed E-state index contributed by atoms with van der Waals surface area (Å²) in [5, 5.41) is 0. The highest BCUT2D eigenvalue weighted by atomic mass is 16.5. The minimum atomic E-state index is -0.0279. The Kier molecular flexibility index (Phi) is 2.89. The number of ketones is 1. The molecule has 0 heterocycles. The van der Waals surface area contributed by atoms with Crippen LogP contribution in [-0.2, 0) is 6.42 Å². The second-order valence-electron chi connectivity index (χ2n) is 5.69. The highest BCUT2D eigenvalue weighted by molar-refractivity contribution is 6.02. The summed E-state index contributed by atoms with van der Waals surface area (Å²) in [6, 6.07) is 5.94. The Morgan fingerprint density at radius 3 is 2.56 bits per heavy atom. The molecule has 1 aromatic rings. The molecule has 0 saturated heterocycles. The fourth-order valence-corrected chi connectivity index (χ4v) is 3.67. The van der Waals surface area contributed by atoms with Gasteiger partial charge in [-0.3, -0.25) is 4.79 Å². The molecular formula is C16H20O2. The average molecular weight is 244 g/mol. The lowest BCUT2D eigenvalue weighted by atomic mass is 9.76. The molecule has 0 radical (unpaired) electrons. The lowest BCUT2D eigenvalue weighted by Crippen LogP contribution is -2.27. The van der Waals surface area contributed by atoms with Gasteiger partial charge in [-0.2, -0.15) is 0 Å². The van der Waals surface area contributed by atoms with Gasteiger partial charge in [0.05, 0.1) is 7.11 Å². The van der Waals surface area contributed by atoms with Crippen molar-refractivity contribution in [2.45, 2.75) is 44.9 Å². The Morgan fingerprint density at radius 2 is 1.83 bits per heavy atom. The van der Waals surface area contributed by atoms with Crippen molar-refractivity contribution >= 4 is 5.78 Å². The van der Waals surface area contributed by atoms with Crippen LogP contribution in [0.15, 0.2) is 18.2 Å². The molecule has 2 nitrogen and oxygen atoms in total. The van der Waals surface area contributed by atoms with Crippen LogP contribution in [0.3, 0.4) is 0 Å². The van der Waals surface area contributed by atoms with E-state index < -0.39 is 0 Å². The molecule has 1 saturated carbocycles. The molecule has 0 bridgehead atoms. The molecule has 0 N–H and O–H groups in total. The van der Waals surface area contributed by atoms with Gasteiger partial charge >= 0.3 is 0 Å². The molecule has 18 heavy (non-hydrogen) atoms. The molecular weight excluding hydrogens is 224 g/mol. The summed E-state index contributed by atoms with van der Waals surface area (Å²) in [5.74, 6) is 1.26. The van der Waals surface area contributed by atoms with E-state index in [1.165, 1.54) is 18.4 Å². The molecule has 2 heteroatoms. The monoisotopic (exact) mass is 244 g/mol. The molecule has 1 aromatic carbocycles. The molecule has 0 amide bonds. The molecule has 0 unspecified atom stereocenters. The van der Waals surface area contributed by atoms with E-state index in [1.54, 1.807) is 7.11 Å². The number of benzene rings is 1. The van der Waals surface area contributed by atoms with Crippen molar-refractivity contribution < 1.29 is 9.53 Å². The number of ether oxygens (including phenoxy) is 1. The van der Waals surface area contributed by atoms with E-state index in [0.717, 1.165) is 43.4 Å². The topological polar surface area (TPSA) is 26.3 Å². The highest BCUT2D eigenvalue weighted by Gasteiger charge is 2.42. The van der Waals surface area contributed by atoms with Crippen molar-refractivity contribution in [3.63, 3.8) is 0 Å². The van der Waals surface area contributed by atoms with Gasteiger partial charge in [-0.05, 0) is 55.9 Å². The largest absolute Gasteiger partial charge is 0.497 e. The Bertz CT molecular complexity index is 470. The van der Waals surface area contributed by atoms with Crippen LogP contribution in [0.25, 0.3) is 0 Å². The van der Waals surface area contributed by atoms with Crippen LogP contribution in [0.4, 0.5) is 0 Å². The maximum Gasteiger partial charge on any atom is 0.169 e. The smallest absolute Gasteiger partial charge is 0.169 e. The van der Waals surface area contributed by atoms with E-state index in [2.05, 4.69) is 0 Å². The zero-order valence-corrected chi connectivity index (χ0v) is 11.0. The first-order chi connectivity index (χ1) is 8.75. The SMILES string of the molecule is COc1ccc2c(c1)CCCC1(CCCC1)C2=O. The summed E-state index contributed by atoms with van der Waals surface area (Å²) < 4.78 is 5.26. The van der Waals surface area contributed by atoms with Crippen molar-refractivity contribution in [3.8, 4) is 5.75 Å². The second-order valence-corrected chi connectivity index (χ2v) is 5.69. The van der Waals surface area contributed by atoms with E-state index >= 15 is 0 Å². The fourth-order valence-electron chi connectivity index (χ4n) is 3.67. The number of hydrogen-bond donors (Lipinski definition) is 0. The predicted molar refractivity (Wildman–Crippen MR) is 71.2 cm³/mol. The van der Waals surface area contributed by atoms with Gasteiger partial charge in [-0.1, -0.05) is 12.8 Å². The van der Waals surface area contributed by atoms with Gasteiger partial charge in [0.15, 0.2) is 5.78 Å². The first-order valence-electron chi connectivity index (χ1n) is 6.97. The van der Waals surface area contributed by atoms with Gasteiger partial charge in [0.2, 0.25) is 0 Å². The van der Waals surface area contributed by atoms with Crippen LogP contribution in [0.5, 0.6) is 5.75 Å². The molecule has 0 atom stereocenters. The third-order valence-electron chi connectivity index (χ3n) is 4.70. The van der Waals surface area contributed by atoms with Gasteiger partial charge in [-0.25, -0.2) is 0 Å². The van der Waals surface area contributed by atoms with Crippen LogP contribution in [-0.4, -0.2) is 12.9 Å². The van der Waals surface area contributed by atoms with Crippen LogP contribution >= 0.6 is 0 Å². The fraction of sp³-hybridized carbons (Fsp3) is 0.562. The number of methoxy groups -OCH3 is 1. The van der Waals surface area contributed by atoms with E-state index in [0.29, 0.717) is 5.78 Å². The summed E-state index contributed by atoms with van der Waals surface area (Å²) in [5.41, 5.74) is 2.11. The first kappa shape index (κ1) is 11.8. The Labute approximate surface area is 108 Å². The quantitative estimate of drug-likeness (QED) is 0.751. The van der Waals surface area contributed by atoms with E-state index in [4.69, 9.17) is 4.74 Å². The number of fused-ring (bicyclic) bond motifs is 1. The van der Waals surface area contributed by atoms with Crippen LogP contribution in [0.1, 0.15) is 54.4 Å². The minimum absolute atomic E-state index is 0.0279. The van der Waals surface area contributed by atoms with Crippen molar-refractivity contribution in [1.82, 2.24) is 0 Å². The van der Waals surface area contributed by atoms with E-state index in [-0.39, 0.29) is 5.41 Å². The normalized spacial score (nSPS) is 21.7. The van der Waals surface area contributed by atoms with Gasteiger partial charge in [0.1, 0.15) is 5.75 Å². The number of carbonyl (C=O) groups excluding carboxylic acids is 1. The second kappa shape index (κ2) is 4.42. The van der Waals surface area contributed by atoms with Gasteiger partial charge < -0.3 is 4.74 Å². The van der Waals surface area contributed by atoms with E-state index in [1.807, 2.05) is 18.2 Å². The molecule has 0 aliphatic heterocycles. The maximum absolute atomic E-state index is 12.8. The Morgan fingerprint density at radius 1 is 1.11 bits per heavy atom. The first-order valence-corrected chi connectivity index (χ1v) is 6.97. The Balaban J connectivity index is 2.03. The zero-order valence-electron chi connectivity index (χ0n) is 11.0. The van der Waals surface area contributed by atoms with Crippen LogP contribution in [0.2, 0.25) is 0 Å². The summed E-state index contributed by atoms with van der Waals surface area (Å²) >= 11 is 0. The number of Topliss-reactive ketones (excluding diaryl/α,β-unsaturated/α-hetero) is 1. The molecule has 3 rings (SSSR count). The van der Waals surface area contributed by atoms with Gasteiger partial charge in [0, 0.05) is 11.0 Å². The summed E-state index contributed by atoms with van der Waals surface area (Å²) in [6.07, 6.45) is 7.85. The molecule has 2 aliphatic carbocycles. The van der Waals surface area contributed by atoms with E-state index in [9.17, 15) is 4.79 Å². The van der Waals surface area contributed by atoms with Gasteiger partial charge in [-0.15, -0.1) is 0 Å². The molecule has 1 spiro atoms. The zero-order chi connectivity index (χ0) is 12.6. The third-order valence-corrected chi connectivity index (χ3v) is 4.70. The number of aryl methyl sites for hydroxylation is 1. The van der Waals surface area contributed by atoms with Crippen molar-refractivity contribution in [1.29, 1.82) is 0 Å². The van der Waals surface area contributed by atoms with Crippen molar-refractivity contribution in [2.75, 3.05) is 7.11 Å². The standard InChI is InChI=1S/C16H20O2/c1-18-13-6-7-14-12(11-13)5-4-10-16(15(14)17)8-2-3-9-16/h6-7,11H,2-5,8-10H2,1H3. The number of carbonyl (C=O) groups is 1. The summed E-state index contributed by atoms with van der Waals surface area (Å²) in [6.45, 7) is 0. The highest BCUT2D eigenvalue weighted by Crippen LogP contribution is 2.47. The minimum Gasteiger partial charge on any atom is -0.497 e. The summed E-state index contributed by atoms with van der Waals surface area (Å²) in [7, 11) is 1.68. The molecule has 96 valence electrons. The maximum atomic E-state index is 12.8. The number of hydrogen-bond acceptors (Lipinski definition) is 2. The van der Waals surface area contributed by atoms with Crippen molar-refractivity contribution in [2.24, 2.45) is 5.41 Å². The average Bonchev–Trinajstić information content (AvgIpc) is 2.82.